The van der Waals surface area contributed by atoms with Gasteiger partial charge in [0.05, 0.1) is 5.56 Å². The molecule has 0 aliphatic heterocycles. The van der Waals surface area contributed by atoms with E-state index >= 15 is 0 Å². The SMILES string of the molecule is c1ccc(-c2ccc(-c3ccc(-c4ccc5c(c4)oc4ccc(-c6nc(-c7ccccc7)nc(-c7cccc8c7oc7ccccc78)n6)cc45)cc3)cc2)cc1. The van der Waals surface area contributed by atoms with Gasteiger partial charge < -0.3 is 8.83 Å². The van der Waals surface area contributed by atoms with Gasteiger partial charge in [0.25, 0.3) is 0 Å². The molecule has 0 saturated heterocycles. The topological polar surface area (TPSA) is 65.0 Å². The summed E-state index contributed by atoms with van der Waals surface area (Å²) in [5.41, 5.74) is 12.8. The van der Waals surface area contributed by atoms with Crippen molar-refractivity contribution in [2.45, 2.75) is 0 Å². The highest BCUT2D eigenvalue weighted by Crippen LogP contribution is 2.38. The summed E-state index contributed by atoms with van der Waals surface area (Å²) in [6.45, 7) is 0. The molecule has 262 valence electrons. The van der Waals surface area contributed by atoms with E-state index in [1.54, 1.807) is 0 Å². The number of hydrogen-bond acceptors (Lipinski definition) is 5. The number of fused-ring (bicyclic) bond motifs is 6. The Balaban J connectivity index is 0.951. The summed E-state index contributed by atoms with van der Waals surface area (Å²) in [6.07, 6.45) is 0. The van der Waals surface area contributed by atoms with Crippen LogP contribution in [0.1, 0.15) is 0 Å². The molecule has 0 atom stereocenters. The van der Waals surface area contributed by atoms with Crippen molar-refractivity contribution in [1.82, 2.24) is 15.0 Å². The molecular weight excluding hydrogens is 687 g/mol. The lowest BCUT2D eigenvalue weighted by Gasteiger charge is -2.09. The fourth-order valence-electron chi connectivity index (χ4n) is 7.70. The number of aromatic nitrogens is 3. The minimum atomic E-state index is 0.551. The quantitative estimate of drug-likeness (QED) is 0.171. The highest BCUT2D eigenvalue weighted by atomic mass is 16.3. The molecule has 5 heteroatoms. The molecule has 0 unspecified atom stereocenters. The highest BCUT2D eigenvalue weighted by molar-refractivity contribution is 6.09. The molecule has 0 spiro atoms. The standard InChI is InChI=1S/C51H31N3O2/c1-3-10-32(11-4-1)33-18-20-34(21-19-33)35-22-24-36(25-23-35)38-26-28-41-44-30-39(27-29-46(44)55-47(41)31-38)50-52-49(37-12-5-2-6-13-37)53-51(54-50)43-16-9-15-42-40-14-7-8-17-45(40)56-48(42)43/h1-31H. The van der Waals surface area contributed by atoms with Crippen LogP contribution in [-0.4, -0.2) is 15.0 Å². The van der Waals surface area contributed by atoms with E-state index in [2.05, 4.69) is 109 Å². The maximum atomic E-state index is 6.44. The predicted molar refractivity (Wildman–Crippen MR) is 227 cm³/mol. The number of nitrogens with zero attached hydrogens (tertiary/aromatic N) is 3. The average molecular weight is 718 g/mol. The third kappa shape index (κ3) is 5.53. The van der Waals surface area contributed by atoms with Gasteiger partial charge in [-0.05, 0) is 75.8 Å². The molecule has 8 aromatic carbocycles. The first kappa shape index (κ1) is 31.9. The lowest BCUT2D eigenvalue weighted by atomic mass is 9.97. The van der Waals surface area contributed by atoms with Crippen LogP contribution in [0.2, 0.25) is 0 Å². The number of benzene rings is 8. The van der Waals surface area contributed by atoms with Crippen LogP contribution >= 0.6 is 0 Å². The molecule has 0 amide bonds. The van der Waals surface area contributed by atoms with E-state index in [-0.39, 0.29) is 0 Å². The van der Waals surface area contributed by atoms with Crippen molar-refractivity contribution in [3.8, 4) is 67.5 Å². The van der Waals surface area contributed by atoms with Crippen molar-refractivity contribution in [2.75, 3.05) is 0 Å². The summed E-state index contributed by atoms with van der Waals surface area (Å²) < 4.78 is 12.8. The van der Waals surface area contributed by atoms with E-state index in [0.717, 1.165) is 71.7 Å². The van der Waals surface area contributed by atoms with E-state index in [0.29, 0.717) is 17.5 Å². The minimum Gasteiger partial charge on any atom is -0.456 e. The second-order valence-electron chi connectivity index (χ2n) is 14.0. The molecule has 0 aliphatic rings. The van der Waals surface area contributed by atoms with Crippen LogP contribution in [0, 0.1) is 0 Å². The van der Waals surface area contributed by atoms with Gasteiger partial charge >= 0.3 is 0 Å². The van der Waals surface area contributed by atoms with Crippen LogP contribution in [0.25, 0.3) is 111 Å². The molecular formula is C51H31N3O2. The van der Waals surface area contributed by atoms with E-state index in [9.17, 15) is 0 Å². The molecule has 11 aromatic rings. The van der Waals surface area contributed by atoms with Crippen LogP contribution in [0.5, 0.6) is 0 Å². The maximum absolute atomic E-state index is 6.44. The maximum Gasteiger partial charge on any atom is 0.167 e. The highest BCUT2D eigenvalue weighted by Gasteiger charge is 2.19. The van der Waals surface area contributed by atoms with Gasteiger partial charge in [0, 0.05) is 32.7 Å². The normalized spacial score (nSPS) is 11.6. The van der Waals surface area contributed by atoms with Gasteiger partial charge in [0.1, 0.15) is 22.3 Å². The Bertz CT molecular complexity index is 3220. The smallest absolute Gasteiger partial charge is 0.167 e. The molecule has 11 rings (SSSR count). The fraction of sp³-hybridized carbons (Fsp3) is 0. The third-order valence-corrected chi connectivity index (χ3v) is 10.6. The van der Waals surface area contributed by atoms with Gasteiger partial charge in [-0.25, -0.2) is 15.0 Å². The van der Waals surface area contributed by atoms with Crippen molar-refractivity contribution in [1.29, 1.82) is 0 Å². The number of para-hydroxylation sites is 2. The Hall–Kier alpha value is -7.63. The molecule has 0 radical (unpaired) electrons. The van der Waals surface area contributed by atoms with Gasteiger partial charge in [-0.1, -0.05) is 146 Å². The summed E-state index contributed by atoms with van der Waals surface area (Å²) in [6, 6.07) is 64.7. The van der Waals surface area contributed by atoms with E-state index in [1.807, 2.05) is 78.9 Å². The van der Waals surface area contributed by atoms with E-state index < -0.39 is 0 Å². The van der Waals surface area contributed by atoms with Gasteiger partial charge in [-0.2, -0.15) is 0 Å². The lowest BCUT2D eigenvalue weighted by molar-refractivity contribution is 0.669. The fourth-order valence-corrected chi connectivity index (χ4v) is 7.70. The van der Waals surface area contributed by atoms with Crippen LogP contribution < -0.4 is 0 Å². The summed E-state index contributed by atoms with van der Waals surface area (Å²) >= 11 is 0. The monoisotopic (exact) mass is 717 g/mol. The Morgan fingerprint density at radius 2 is 0.768 bits per heavy atom. The molecule has 0 bridgehead atoms. The Kier molecular flexibility index (Phi) is 7.42. The van der Waals surface area contributed by atoms with Crippen LogP contribution in [0.15, 0.2) is 197 Å². The van der Waals surface area contributed by atoms with Crippen LogP contribution in [-0.2, 0) is 0 Å². The molecule has 0 fully saturated rings. The van der Waals surface area contributed by atoms with Crippen molar-refractivity contribution in [3.63, 3.8) is 0 Å². The third-order valence-electron chi connectivity index (χ3n) is 10.6. The van der Waals surface area contributed by atoms with Crippen molar-refractivity contribution in [2.24, 2.45) is 0 Å². The van der Waals surface area contributed by atoms with Gasteiger partial charge in [0.15, 0.2) is 17.5 Å². The largest absolute Gasteiger partial charge is 0.456 e. The first-order valence-corrected chi connectivity index (χ1v) is 18.7. The number of furan rings is 2. The molecule has 56 heavy (non-hydrogen) atoms. The second-order valence-corrected chi connectivity index (χ2v) is 14.0. The van der Waals surface area contributed by atoms with Gasteiger partial charge in [-0.15, -0.1) is 0 Å². The van der Waals surface area contributed by atoms with E-state index in [4.69, 9.17) is 23.8 Å². The first-order valence-electron chi connectivity index (χ1n) is 18.7. The molecule has 5 nitrogen and oxygen atoms in total. The van der Waals surface area contributed by atoms with E-state index in [1.165, 1.54) is 22.3 Å². The zero-order valence-electron chi connectivity index (χ0n) is 30.1. The lowest BCUT2D eigenvalue weighted by Crippen LogP contribution is -2.00. The second kappa shape index (κ2) is 13.0. The average Bonchev–Trinajstić information content (AvgIpc) is 3.85. The van der Waals surface area contributed by atoms with Crippen LogP contribution in [0.3, 0.4) is 0 Å². The van der Waals surface area contributed by atoms with Crippen LogP contribution in [0.4, 0.5) is 0 Å². The molecule has 3 aromatic heterocycles. The summed E-state index contributed by atoms with van der Waals surface area (Å²) in [5, 5.41) is 4.12. The van der Waals surface area contributed by atoms with Crippen molar-refractivity contribution in [3.05, 3.63) is 188 Å². The van der Waals surface area contributed by atoms with Gasteiger partial charge in [-0.3, -0.25) is 0 Å². The molecule has 0 saturated carbocycles. The van der Waals surface area contributed by atoms with Crippen molar-refractivity contribution >= 4 is 43.9 Å². The minimum absolute atomic E-state index is 0.551. The first-order chi connectivity index (χ1) is 27.7. The van der Waals surface area contributed by atoms with Gasteiger partial charge in [0.2, 0.25) is 0 Å². The molecule has 0 aliphatic carbocycles. The number of hydrogen-bond donors (Lipinski definition) is 0. The number of rotatable bonds is 6. The molecule has 3 heterocycles. The summed E-state index contributed by atoms with van der Waals surface area (Å²) in [5.74, 6) is 1.72. The summed E-state index contributed by atoms with van der Waals surface area (Å²) in [4.78, 5) is 15.1. The predicted octanol–water partition coefficient (Wildman–Crippen LogP) is 13.7. The summed E-state index contributed by atoms with van der Waals surface area (Å²) in [7, 11) is 0. The Labute approximate surface area is 322 Å². The molecule has 0 N–H and O–H groups in total. The zero-order valence-corrected chi connectivity index (χ0v) is 30.1. The van der Waals surface area contributed by atoms with Crippen molar-refractivity contribution < 1.29 is 8.83 Å². The Morgan fingerprint density at radius 1 is 0.268 bits per heavy atom. The zero-order chi connectivity index (χ0) is 37.0. The Morgan fingerprint density at radius 3 is 1.48 bits per heavy atom.